The SMILES string of the molecule is CCC(N)C(c1ccc(C)s1)N1C2CCC1CC(O)C2. The first kappa shape index (κ1) is 14.5. The molecule has 0 amide bonds. The van der Waals surface area contributed by atoms with Crippen molar-refractivity contribution >= 4 is 11.3 Å². The fraction of sp³-hybridized carbons (Fsp3) is 0.750. The monoisotopic (exact) mass is 294 g/mol. The predicted octanol–water partition coefficient (Wildman–Crippen LogP) is 2.82. The molecule has 4 heteroatoms. The van der Waals surface area contributed by atoms with E-state index < -0.39 is 0 Å². The van der Waals surface area contributed by atoms with Crippen molar-refractivity contribution < 1.29 is 5.11 Å². The number of nitrogens with zero attached hydrogens (tertiary/aromatic N) is 1. The maximum Gasteiger partial charge on any atom is 0.0598 e. The van der Waals surface area contributed by atoms with E-state index in [0.29, 0.717) is 18.1 Å². The molecule has 0 aliphatic carbocycles. The number of aliphatic hydroxyl groups is 1. The summed E-state index contributed by atoms with van der Waals surface area (Å²) in [5.41, 5.74) is 6.48. The van der Waals surface area contributed by atoms with E-state index in [9.17, 15) is 5.11 Å². The van der Waals surface area contributed by atoms with Gasteiger partial charge in [-0.15, -0.1) is 11.3 Å². The molecule has 2 aliphatic heterocycles. The fourth-order valence-corrected chi connectivity index (χ4v) is 5.11. The smallest absolute Gasteiger partial charge is 0.0598 e. The van der Waals surface area contributed by atoms with Gasteiger partial charge in [-0.05, 0) is 51.2 Å². The van der Waals surface area contributed by atoms with Gasteiger partial charge in [-0.3, -0.25) is 4.90 Å². The molecule has 3 nitrogen and oxygen atoms in total. The average molecular weight is 294 g/mol. The summed E-state index contributed by atoms with van der Waals surface area (Å²) in [6.45, 7) is 4.34. The summed E-state index contributed by atoms with van der Waals surface area (Å²) in [5, 5.41) is 10.0. The number of rotatable bonds is 4. The number of fused-ring (bicyclic) bond motifs is 2. The maximum atomic E-state index is 10.0. The second kappa shape index (κ2) is 5.76. The lowest BCUT2D eigenvalue weighted by atomic mass is 9.93. The Bertz CT molecular complexity index is 447. The van der Waals surface area contributed by atoms with Gasteiger partial charge in [-0.25, -0.2) is 0 Å². The van der Waals surface area contributed by atoms with Gasteiger partial charge in [0, 0.05) is 27.9 Å². The zero-order valence-electron chi connectivity index (χ0n) is 12.5. The van der Waals surface area contributed by atoms with Crippen molar-refractivity contribution in [2.24, 2.45) is 5.73 Å². The van der Waals surface area contributed by atoms with Crippen LogP contribution in [0.4, 0.5) is 0 Å². The third-order valence-corrected chi connectivity index (χ3v) is 6.09. The van der Waals surface area contributed by atoms with Gasteiger partial charge < -0.3 is 10.8 Å². The third-order valence-electron chi connectivity index (χ3n) is 5.02. The van der Waals surface area contributed by atoms with Crippen molar-refractivity contribution in [2.75, 3.05) is 0 Å². The van der Waals surface area contributed by atoms with Crippen LogP contribution in [0.15, 0.2) is 12.1 Å². The van der Waals surface area contributed by atoms with Crippen LogP contribution in [0.25, 0.3) is 0 Å². The third kappa shape index (κ3) is 2.54. The molecule has 2 bridgehead atoms. The van der Waals surface area contributed by atoms with E-state index in [-0.39, 0.29) is 12.1 Å². The number of piperidine rings is 1. The van der Waals surface area contributed by atoms with E-state index in [4.69, 9.17) is 5.73 Å². The minimum Gasteiger partial charge on any atom is -0.393 e. The summed E-state index contributed by atoms with van der Waals surface area (Å²) in [6.07, 6.45) is 5.19. The Balaban J connectivity index is 1.90. The molecule has 2 fully saturated rings. The molecule has 3 rings (SSSR count). The molecule has 0 saturated carbocycles. The Labute approximate surface area is 125 Å². The molecule has 1 aromatic heterocycles. The molecule has 4 unspecified atom stereocenters. The highest BCUT2D eigenvalue weighted by Crippen LogP contribution is 2.44. The zero-order valence-corrected chi connectivity index (χ0v) is 13.3. The molecule has 4 atom stereocenters. The molecule has 0 spiro atoms. The lowest BCUT2D eigenvalue weighted by Crippen LogP contribution is -2.51. The maximum absolute atomic E-state index is 10.0. The quantitative estimate of drug-likeness (QED) is 0.898. The van der Waals surface area contributed by atoms with Gasteiger partial charge in [-0.1, -0.05) is 6.92 Å². The highest BCUT2D eigenvalue weighted by molar-refractivity contribution is 7.12. The van der Waals surface area contributed by atoms with Crippen LogP contribution in [0.5, 0.6) is 0 Å². The summed E-state index contributed by atoms with van der Waals surface area (Å²) < 4.78 is 0. The Kier molecular flexibility index (Phi) is 4.18. The minimum absolute atomic E-state index is 0.104. The van der Waals surface area contributed by atoms with Gasteiger partial charge >= 0.3 is 0 Å². The molecular weight excluding hydrogens is 268 g/mol. The molecular formula is C16H26N2OS. The van der Waals surface area contributed by atoms with E-state index in [2.05, 4.69) is 30.9 Å². The van der Waals surface area contributed by atoms with Crippen molar-refractivity contribution in [3.05, 3.63) is 21.9 Å². The van der Waals surface area contributed by atoms with Gasteiger partial charge in [-0.2, -0.15) is 0 Å². The molecule has 0 radical (unpaired) electrons. The van der Waals surface area contributed by atoms with Crippen molar-refractivity contribution in [3.63, 3.8) is 0 Å². The van der Waals surface area contributed by atoms with E-state index in [1.165, 1.54) is 22.6 Å². The van der Waals surface area contributed by atoms with Crippen LogP contribution in [-0.2, 0) is 0 Å². The Morgan fingerprint density at radius 3 is 2.50 bits per heavy atom. The lowest BCUT2D eigenvalue weighted by Gasteiger charge is -2.44. The predicted molar refractivity (Wildman–Crippen MR) is 84.0 cm³/mol. The number of hydrogen-bond donors (Lipinski definition) is 2. The minimum atomic E-state index is -0.104. The lowest BCUT2D eigenvalue weighted by molar-refractivity contribution is 0.00328. The Hall–Kier alpha value is -0.420. The van der Waals surface area contributed by atoms with E-state index >= 15 is 0 Å². The number of nitrogens with two attached hydrogens (primary N) is 1. The average Bonchev–Trinajstić information content (AvgIpc) is 2.93. The number of hydrogen-bond acceptors (Lipinski definition) is 4. The first-order chi connectivity index (χ1) is 9.60. The first-order valence-electron chi connectivity index (χ1n) is 7.87. The van der Waals surface area contributed by atoms with Gasteiger partial charge in [0.2, 0.25) is 0 Å². The zero-order chi connectivity index (χ0) is 14.3. The molecule has 3 N–H and O–H groups in total. The van der Waals surface area contributed by atoms with Crippen LogP contribution in [0.2, 0.25) is 0 Å². The number of aryl methyl sites for hydroxylation is 1. The summed E-state index contributed by atoms with van der Waals surface area (Å²) in [4.78, 5) is 5.41. The highest BCUT2D eigenvalue weighted by atomic mass is 32.1. The van der Waals surface area contributed by atoms with E-state index in [1.54, 1.807) is 0 Å². The van der Waals surface area contributed by atoms with Crippen LogP contribution in [0.3, 0.4) is 0 Å². The van der Waals surface area contributed by atoms with Crippen molar-refractivity contribution in [1.29, 1.82) is 0 Å². The molecule has 1 aromatic rings. The largest absolute Gasteiger partial charge is 0.393 e. The topological polar surface area (TPSA) is 49.5 Å². The molecule has 2 saturated heterocycles. The van der Waals surface area contributed by atoms with E-state index in [0.717, 1.165) is 19.3 Å². The Morgan fingerprint density at radius 2 is 2.00 bits per heavy atom. The standard InChI is InChI=1S/C16H26N2OS/c1-3-14(17)16(15-7-4-10(2)20-15)18-11-5-6-12(18)9-13(19)8-11/h4,7,11-14,16,19H,3,5-6,8-9,17H2,1-2H3. The van der Waals surface area contributed by atoms with Gasteiger partial charge in [0.05, 0.1) is 12.1 Å². The second-order valence-electron chi connectivity index (χ2n) is 6.42. The second-order valence-corrected chi connectivity index (χ2v) is 7.74. The van der Waals surface area contributed by atoms with Crippen molar-refractivity contribution in [2.45, 2.75) is 76.2 Å². The number of thiophene rings is 1. The fourth-order valence-electron chi connectivity index (χ4n) is 4.05. The van der Waals surface area contributed by atoms with Crippen LogP contribution in [0.1, 0.15) is 54.8 Å². The van der Waals surface area contributed by atoms with E-state index in [1.807, 2.05) is 11.3 Å². The number of aliphatic hydroxyl groups excluding tert-OH is 1. The van der Waals surface area contributed by atoms with Crippen molar-refractivity contribution in [3.8, 4) is 0 Å². The first-order valence-corrected chi connectivity index (χ1v) is 8.69. The van der Waals surface area contributed by atoms with Gasteiger partial charge in [0.25, 0.3) is 0 Å². The highest BCUT2D eigenvalue weighted by Gasteiger charge is 2.45. The van der Waals surface area contributed by atoms with Crippen LogP contribution < -0.4 is 5.73 Å². The Morgan fingerprint density at radius 1 is 1.35 bits per heavy atom. The van der Waals surface area contributed by atoms with Crippen LogP contribution in [-0.4, -0.2) is 34.2 Å². The molecule has 3 heterocycles. The van der Waals surface area contributed by atoms with Crippen LogP contribution in [0, 0.1) is 6.92 Å². The van der Waals surface area contributed by atoms with Gasteiger partial charge in [0.1, 0.15) is 0 Å². The van der Waals surface area contributed by atoms with Crippen LogP contribution >= 0.6 is 11.3 Å². The molecule has 20 heavy (non-hydrogen) atoms. The summed E-state index contributed by atoms with van der Waals surface area (Å²) >= 11 is 1.88. The molecule has 2 aliphatic rings. The van der Waals surface area contributed by atoms with Crippen molar-refractivity contribution in [1.82, 2.24) is 4.90 Å². The normalized spacial score (nSPS) is 33.3. The summed E-state index contributed by atoms with van der Waals surface area (Å²) in [7, 11) is 0. The molecule has 112 valence electrons. The summed E-state index contributed by atoms with van der Waals surface area (Å²) in [5.74, 6) is 0. The summed E-state index contributed by atoms with van der Waals surface area (Å²) in [6, 6.07) is 6.03. The molecule has 0 aromatic carbocycles. The van der Waals surface area contributed by atoms with Gasteiger partial charge in [0.15, 0.2) is 0 Å².